The number of ether oxygens (including phenoxy) is 1. The van der Waals surface area contributed by atoms with Crippen LogP contribution in [0, 0.1) is 0 Å². The number of nitrogens with one attached hydrogen (secondary N) is 1. The summed E-state index contributed by atoms with van der Waals surface area (Å²) in [5.41, 5.74) is 7.89. The highest BCUT2D eigenvalue weighted by atomic mass is 35.5. The van der Waals surface area contributed by atoms with Crippen LogP contribution in [0.15, 0.2) is 24.3 Å². The summed E-state index contributed by atoms with van der Waals surface area (Å²) in [7, 11) is 0. The topological polar surface area (TPSA) is 81.4 Å². The van der Waals surface area contributed by atoms with Crippen molar-refractivity contribution in [3.05, 3.63) is 35.4 Å². The molecule has 0 spiro atoms. The van der Waals surface area contributed by atoms with Crippen LogP contribution in [-0.2, 0) is 27.2 Å². The van der Waals surface area contributed by atoms with Gasteiger partial charge < -0.3 is 10.5 Å². The van der Waals surface area contributed by atoms with E-state index < -0.39 is 17.9 Å². The molecule has 0 fully saturated rings. The van der Waals surface area contributed by atoms with E-state index in [0.29, 0.717) is 0 Å². The van der Waals surface area contributed by atoms with Gasteiger partial charge in [0.2, 0.25) is 5.91 Å². The summed E-state index contributed by atoms with van der Waals surface area (Å²) in [4.78, 5) is 22.1. The zero-order valence-corrected chi connectivity index (χ0v) is 12.1. The highest BCUT2D eigenvalue weighted by Gasteiger charge is 2.26. The first-order valence-electron chi connectivity index (χ1n) is 6.31. The lowest BCUT2D eigenvalue weighted by Crippen LogP contribution is -2.49. The summed E-state index contributed by atoms with van der Waals surface area (Å²) in [6, 6.07) is 7.70. The summed E-state index contributed by atoms with van der Waals surface area (Å²) in [6.07, 6.45) is 1.72. The Kier molecular flexibility index (Phi) is 5.98. The highest BCUT2D eigenvalue weighted by Crippen LogP contribution is 2.21. The van der Waals surface area contributed by atoms with Gasteiger partial charge in [-0.15, -0.1) is 12.4 Å². The summed E-state index contributed by atoms with van der Waals surface area (Å²) in [6.45, 7) is 1.29. The fraction of sp³-hybridized carbons (Fsp3) is 0.429. The van der Waals surface area contributed by atoms with Crippen LogP contribution in [0.2, 0.25) is 0 Å². The molecule has 1 aliphatic rings. The molecule has 0 bridgehead atoms. The summed E-state index contributed by atoms with van der Waals surface area (Å²) in [5, 5.41) is 3.17. The van der Waals surface area contributed by atoms with Crippen LogP contribution in [0.5, 0.6) is 0 Å². The molecule has 1 aromatic carbocycles. The largest absolute Gasteiger partial charge is 0.464 e. The van der Waals surface area contributed by atoms with Crippen LogP contribution in [0.3, 0.4) is 0 Å². The molecule has 1 atom stereocenters. The third-order valence-electron chi connectivity index (χ3n) is 3.28. The molecule has 0 saturated carbocycles. The average Bonchev–Trinajstić information content (AvgIpc) is 2.76. The van der Waals surface area contributed by atoms with Gasteiger partial charge in [-0.25, -0.2) is 0 Å². The van der Waals surface area contributed by atoms with E-state index in [4.69, 9.17) is 10.5 Å². The van der Waals surface area contributed by atoms with Gasteiger partial charge in [0.25, 0.3) is 0 Å². The van der Waals surface area contributed by atoms with Crippen molar-refractivity contribution in [3.63, 3.8) is 0 Å². The van der Waals surface area contributed by atoms with Gasteiger partial charge in [0.05, 0.1) is 0 Å². The van der Waals surface area contributed by atoms with E-state index in [1.165, 1.54) is 18.1 Å². The second kappa shape index (κ2) is 7.26. The fourth-order valence-electron chi connectivity index (χ4n) is 2.37. The maximum Gasteiger partial charge on any atom is 0.302 e. The molecule has 5 nitrogen and oxygen atoms in total. The number of amides is 1. The van der Waals surface area contributed by atoms with Crippen molar-refractivity contribution in [2.75, 3.05) is 6.61 Å². The lowest BCUT2D eigenvalue weighted by Gasteiger charge is -2.19. The number of carbonyl (C=O) groups excluding carboxylic acids is 2. The summed E-state index contributed by atoms with van der Waals surface area (Å²) in [5.74, 6) is -0.917. The molecule has 0 radical (unpaired) electrons. The Morgan fingerprint density at radius 2 is 1.90 bits per heavy atom. The van der Waals surface area contributed by atoms with Gasteiger partial charge in [0.15, 0.2) is 0 Å². The van der Waals surface area contributed by atoms with E-state index in [0.717, 1.165) is 12.8 Å². The van der Waals surface area contributed by atoms with Crippen LogP contribution in [0.1, 0.15) is 18.1 Å². The number of fused-ring (bicyclic) bond motifs is 1. The minimum atomic E-state index is -0.636. The van der Waals surface area contributed by atoms with Gasteiger partial charge in [-0.2, -0.15) is 0 Å². The van der Waals surface area contributed by atoms with E-state index in [9.17, 15) is 9.59 Å². The van der Waals surface area contributed by atoms with E-state index in [-0.39, 0.29) is 25.1 Å². The zero-order valence-electron chi connectivity index (χ0n) is 11.3. The molecule has 0 saturated heterocycles. The minimum absolute atomic E-state index is 0. The number of esters is 1. The maximum absolute atomic E-state index is 11.3. The Hall–Kier alpha value is -1.59. The molecule has 2 rings (SSSR count). The minimum Gasteiger partial charge on any atom is -0.464 e. The molecular formula is C14H19ClN2O3. The van der Waals surface area contributed by atoms with E-state index in [1.54, 1.807) is 0 Å². The van der Waals surface area contributed by atoms with Gasteiger partial charge in [0, 0.05) is 13.0 Å². The normalized spacial score (nSPS) is 15.1. The monoisotopic (exact) mass is 298 g/mol. The first-order chi connectivity index (χ1) is 9.06. The van der Waals surface area contributed by atoms with E-state index in [1.807, 2.05) is 12.1 Å². The number of benzene rings is 1. The predicted molar refractivity (Wildman–Crippen MR) is 77.6 cm³/mol. The molecule has 110 valence electrons. The molecular weight excluding hydrogens is 280 g/mol. The Morgan fingerprint density at radius 3 is 2.35 bits per heavy atom. The number of nitrogens with two attached hydrogens (primary N) is 1. The molecule has 20 heavy (non-hydrogen) atoms. The molecule has 3 N–H and O–H groups in total. The first-order valence-corrected chi connectivity index (χ1v) is 6.31. The number of hydrogen-bond acceptors (Lipinski definition) is 4. The standard InChI is InChI=1S/C14H18N2O3.ClH/c1-9(17)19-8-13(14(15)18)16-12-6-10-4-2-3-5-11(10)7-12;/h2-5,12-13,16H,6-8H2,1H3,(H2,15,18);1H. The fourth-order valence-corrected chi connectivity index (χ4v) is 2.37. The first kappa shape index (κ1) is 16.5. The smallest absolute Gasteiger partial charge is 0.302 e. The van der Waals surface area contributed by atoms with Gasteiger partial charge in [-0.3, -0.25) is 14.9 Å². The van der Waals surface area contributed by atoms with Gasteiger partial charge >= 0.3 is 5.97 Å². The number of primary amides is 1. The summed E-state index contributed by atoms with van der Waals surface area (Å²) >= 11 is 0. The molecule has 0 aromatic heterocycles. The SMILES string of the molecule is CC(=O)OCC(NC1Cc2ccccc2C1)C(N)=O.Cl. The van der Waals surface area contributed by atoms with Crippen LogP contribution < -0.4 is 11.1 Å². The Balaban J connectivity index is 0.00000200. The summed E-state index contributed by atoms with van der Waals surface area (Å²) < 4.78 is 4.85. The third kappa shape index (κ3) is 4.21. The van der Waals surface area contributed by atoms with E-state index >= 15 is 0 Å². The number of carbonyl (C=O) groups is 2. The molecule has 1 aromatic rings. The average molecular weight is 299 g/mol. The third-order valence-corrected chi connectivity index (χ3v) is 3.28. The van der Waals surface area contributed by atoms with Crippen molar-refractivity contribution in [2.45, 2.75) is 31.8 Å². The Bertz CT molecular complexity index is 468. The quantitative estimate of drug-likeness (QED) is 0.779. The van der Waals surface area contributed by atoms with Crippen molar-refractivity contribution in [3.8, 4) is 0 Å². The van der Waals surface area contributed by atoms with Gasteiger partial charge in [0.1, 0.15) is 12.6 Å². The van der Waals surface area contributed by atoms with E-state index in [2.05, 4.69) is 17.4 Å². The van der Waals surface area contributed by atoms with Crippen LogP contribution in [-0.4, -0.2) is 30.6 Å². The van der Waals surface area contributed by atoms with Crippen molar-refractivity contribution in [1.82, 2.24) is 5.32 Å². The maximum atomic E-state index is 11.3. The lowest BCUT2D eigenvalue weighted by molar-refractivity contribution is -0.142. The van der Waals surface area contributed by atoms with Crippen molar-refractivity contribution in [2.24, 2.45) is 5.73 Å². The molecule has 1 aliphatic carbocycles. The molecule has 1 unspecified atom stereocenters. The molecule has 0 aliphatic heterocycles. The number of halogens is 1. The molecule has 1 amide bonds. The second-order valence-electron chi connectivity index (χ2n) is 4.80. The molecule has 0 heterocycles. The number of hydrogen-bond donors (Lipinski definition) is 2. The predicted octanol–water partition coefficient (Wildman–Crippen LogP) is 0.582. The zero-order chi connectivity index (χ0) is 13.8. The van der Waals surface area contributed by atoms with Crippen molar-refractivity contribution >= 4 is 24.3 Å². The van der Waals surface area contributed by atoms with Crippen LogP contribution in [0.4, 0.5) is 0 Å². The second-order valence-corrected chi connectivity index (χ2v) is 4.80. The van der Waals surface area contributed by atoms with Gasteiger partial charge in [-0.1, -0.05) is 24.3 Å². The van der Waals surface area contributed by atoms with Crippen LogP contribution in [0.25, 0.3) is 0 Å². The lowest BCUT2D eigenvalue weighted by atomic mass is 10.1. The molecule has 6 heteroatoms. The van der Waals surface area contributed by atoms with Gasteiger partial charge in [-0.05, 0) is 24.0 Å². The van der Waals surface area contributed by atoms with Crippen molar-refractivity contribution < 1.29 is 14.3 Å². The number of rotatable bonds is 5. The Labute approximate surface area is 124 Å². The van der Waals surface area contributed by atoms with Crippen molar-refractivity contribution in [1.29, 1.82) is 0 Å². The van der Waals surface area contributed by atoms with Crippen LogP contribution >= 0.6 is 12.4 Å². The Morgan fingerprint density at radius 1 is 1.35 bits per heavy atom. The highest BCUT2D eigenvalue weighted by molar-refractivity contribution is 5.85.